The van der Waals surface area contributed by atoms with Crippen molar-refractivity contribution in [1.82, 2.24) is 4.72 Å². The van der Waals surface area contributed by atoms with E-state index in [2.05, 4.69) is 5.73 Å². The molecule has 1 aromatic heterocycles. The topological polar surface area (TPSA) is 115 Å². The molecule has 0 aliphatic heterocycles. The van der Waals surface area contributed by atoms with Gasteiger partial charge in [0.25, 0.3) is 10.0 Å². The molecule has 0 atom stereocenters. The third-order valence-electron chi connectivity index (χ3n) is 1.10. The normalized spacial score (nSPS) is 11.1. The van der Waals surface area contributed by atoms with Gasteiger partial charge in [0.05, 0.1) is 0 Å². The van der Waals surface area contributed by atoms with E-state index in [-0.39, 0.29) is 4.21 Å². The van der Waals surface area contributed by atoms with Crippen molar-refractivity contribution in [3.05, 3.63) is 11.4 Å². The number of nitrogens with two attached hydrogens (primary N) is 2. The molecule has 8 heteroatoms. The van der Waals surface area contributed by atoms with Gasteiger partial charge >= 0.3 is 6.03 Å². The summed E-state index contributed by atoms with van der Waals surface area (Å²) >= 11 is 0.915. The molecule has 13 heavy (non-hydrogen) atoms. The van der Waals surface area contributed by atoms with Gasteiger partial charge in [0.15, 0.2) is 0 Å². The fourth-order valence-electron chi connectivity index (χ4n) is 0.654. The smallest absolute Gasteiger partial charge is 0.326 e. The van der Waals surface area contributed by atoms with Gasteiger partial charge in [-0.25, -0.2) is 17.9 Å². The molecule has 5 N–H and O–H groups in total. The summed E-state index contributed by atoms with van der Waals surface area (Å²) in [4.78, 5) is 10.3. The molecule has 1 aromatic rings. The molecule has 0 saturated carbocycles. The molecule has 0 radical (unpaired) electrons. The fraction of sp³-hybridized carbons (Fsp3) is 0. The second-order valence-electron chi connectivity index (χ2n) is 2.17. The first kappa shape index (κ1) is 9.81. The summed E-state index contributed by atoms with van der Waals surface area (Å²) in [6.45, 7) is 0. The maximum atomic E-state index is 11.2. The van der Waals surface area contributed by atoms with Crippen molar-refractivity contribution in [2.24, 2.45) is 5.73 Å². The van der Waals surface area contributed by atoms with Crippen molar-refractivity contribution in [2.75, 3.05) is 5.73 Å². The van der Waals surface area contributed by atoms with Crippen LogP contribution in [0.3, 0.4) is 0 Å². The Labute approximate surface area is 78.6 Å². The van der Waals surface area contributed by atoms with Gasteiger partial charge in [-0.2, -0.15) is 0 Å². The molecule has 0 aliphatic carbocycles. The zero-order valence-corrected chi connectivity index (χ0v) is 7.98. The van der Waals surface area contributed by atoms with Gasteiger partial charge < -0.3 is 11.5 Å². The molecular formula is C5H7N3O3S2. The highest BCUT2D eigenvalue weighted by molar-refractivity contribution is 7.92. The molecule has 0 aromatic carbocycles. The van der Waals surface area contributed by atoms with Crippen LogP contribution in [0.5, 0.6) is 0 Å². The van der Waals surface area contributed by atoms with E-state index >= 15 is 0 Å². The number of urea groups is 1. The van der Waals surface area contributed by atoms with Crippen molar-refractivity contribution >= 4 is 33.1 Å². The summed E-state index contributed by atoms with van der Waals surface area (Å²) in [7, 11) is -3.82. The van der Waals surface area contributed by atoms with Crippen molar-refractivity contribution in [3.63, 3.8) is 0 Å². The number of hydrogen-bond donors (Lipinski definition) is 3. The van der Waals surface area contributed by atoms with Gasteiger partial charge in [-0.15, -0.1) is 11.3 Å². The Morgan fingerprint density at radius 2 is 2.15 bits per heavy atom. The SMILES string of the molecule is NC(=O)NS(=O)(=O)c1cc(N)cs1. The van der Waals surface area contributed by atoms with Crippen LogP contribution in [0.1, 0.15) is 0 Å². The Hall–Kier alpha value is -1.28. The monoisotopic (exact) mass is 221 g/mol. The minimum atomic E-state index is -3.82. The van der Waals surface area contributed by atoms with Crippen LogP contribution >= 0.6 is 11.3 Å². The van der Waals surface area contributed by atoms with Crippen molar-refractivity contribution in [1.29, 1.82) is 0 Å². The first-order valence-electron chi connectivity index (χ1n) is 3.08. The molecule has 2 amide bonds. The van der Waals surface area contributed by atoms with Crippen LogP contribution < -0.4 is 16.2 Å². The average Bonchev–Trinajstić information content (AvgIpc) is 2.32. The molecule has 0 bridgehead atoms. The number of nitrogens with one attached hydrogen (secondary N) is 1. The van der Waals surface area contributed by atoms with Gasteiger partial charge in [-0.05, 0) is 6.07 Å². The number of carbonyl (C=O) groups excluding carboxylic acids is 1. The molecule has 0 fully saturated rings. The maximum Gasteiger partial charge on any atom is 0.326 e. The lowest BCUT2D eigenvalue weighted by atomic mass is 10.6. The third kappa shape index (κ3) is 2.33. The third-order valence-corrected chi connectivity index (χ3v) is 3.90. The van der Waals surface area contributed by atoms with Crippen molar-refractivity contribution in [3.8, 4) is 0 Å². The first-order chi connectivity index (χ1) is 5.92. The van der Waals surface area contributed by atoms with E-state index in [0.29, 0.717) is 5.69 Å². The summed E-state index contributed by atoms with van der Waals surface area (Å²) in [5.74, 6) is 0. The Morgan fingerprint density at radius 3 is 2.54 bits per heavy atom. The Kier molecular flexibility index (Phi) is 2.43. The quantitative estimate of drug-likeness (QED) is 0.635. The van der Waals surface area contributed by atoms with Gasteiger partial charge in [-0.3, -0.25) is 0 Å². The van der Waals surface area contributed by atoms with Crippen LogP contribution in [0.4, 0.5) is 10.5 Å². The number of rotatable bonds is 2. The Balaban J connectivity index is 3.01. The Bertz CT molecular complexity index is 422. The van der Waals surface area contributed by atoms with Crippen molar-refractivity contribution in [2.45, 2.75) is 4.21 Å². The van der Waals surface area contributed by atoms with Gasteiger partial charge in [0.2, 0.25) is 0 Å². The van der Waals surface area contributed by atoms with Crippen molar-refractivity contribution < 1.29 is 13.2 Å². The number of thiophene rings is 1. The lowest BCUT2D eigenvalue weighted by Gasteiger charge is -1.99. The first-order valence-corrected chi connectivity index (χ1v) is 5.44. The van der Waals surface area contributed by atoms with Gasteiger partial charge in [0, 0.05) is 11.1 Å². The summed E-state index contributed by atoms with van der Waals surface area (Å²) in [6, 6.07) is 0.127. The largest absolute Gasteiger partial charge is 0.398 e. The lowest BCUT2D eigenvalue weighted by molar-refractivity contribution is 0.253. The molecule has 1 heterocycles. The lowest BCUT2D eigenvalue weighted by Crippen LogP contribution is -2.34. The zero-order chi connectivity index (χ0) is 10.1. The molecule has 72 valence electrons. The van der Waals surface area contributed by atoms with E-state index in [4.69, 9.17) is 5.73 Å². The predicted octanol–water partition coefficient (Wildman–Crippen LogP) is -0.313. The molecule has 0 aliphatic rings. The number of anilines is 1. The summed E-state index contributed by atoms with van der Waals surface area (Å²) in [6.07, 6.45) is 0. The molecule has 0 unspecified atom stereocenters. The van der Waals surface area contributed by atoms with Gasteiger partial charge in [0.1, 0.15) is 4.21 Å². The standard InChI is InChI=1S/C5H7N3O3S2/c6-3-1-4(12-2-3)13(10,11)8-5(7)9/h1-2H,6H2,(H3,7,8,9). The van der Waals surface area contributed by atoms with Crippen LogP contribution in [0.2, 0.25) is 0 Å². The average molecular weight is 221 g/mol. The second-order valence-corrected chi connectivity index (χ2v) is 4.99. The predicted molar refractivity (Wildman–Crippen MR) is 48.6 cm³/mol. The van der Waals surface area contributed by atoms with Crippen LogP contribution in [-0.4, -0.2) is 14.4 Å². The van der Waals surface area contributed by atoms with Crippen LogP contribution in [0.15, 0.2) is 15.7 Å². The zero-order valence-electron chi connectivity index (χ0n) is 6.35. The summed E-state index contributed by atoms with van der Waals surface area (Å²) in [5, 5.41) is 1.45. The number of primary amides is 1. The van der Waals surface area contributed by atoms with Crippen LogP contribution in [0.25, 0.3) is 0 Å². The minimum absolute atomic E-state index is 0.0381. The van der Waals surface area contributed by atoms with Crippen LogP contribution in [0, 0.1) is 0 Å². The van der Waals surface area contributed by atoms with Crippen LogP contribution in [-0.2, 0) is 10.0 Å². The Morgan fingerprint density at radius 1 is 1.54 bits per heavy atom. The summed E-state index contributed by atoms with van der Waals surface area (Å²) < 4.78 is 24.0. The maximum absolute atomic E-state index is 11.2. The van der Waals surface area contributed by atoms with E-state index in [1.165, 1.54) is 11.4 Å². The van der Waals surface area contributed by atoms with E-state index < -0.39 is 16.1 Å². The van der Waals surface area contributed by atoms with E-state index in [9.17, 15) is 13.2 Å². The molecule has 6 nitrogen and oxygen atoms in total. The molecule has 1 rings (SSSR count). The molecule has 0 spiro atoms. The highest BCUT2D eigenvalue weighted by Crippen LogP contribution is 2.20. The number of hydrogen-bond acceptors (Lipinski definition) is 5. The number of nitrogen functional groups attached to an aromatic ring is 1. The number of amides is 2. The van der Waals surface area contributed by atoms with E-state index in [1.807, 2.05) is 0 Å². The molecule has 0 saturated heterocycles. The second kappa shape index (κ2) is 3.23. The number of sulfonamides is 1. The number of carbonyl (C=O) groups is 1. The van der Waals surface area contributed by atoms with E-state index in [1.54, 1.807) is 4.72 Å². The molecular weight excluding hydrogens is 214 g/mol. The van der Waals surface area contributed by atoms with Gasteiger partial charge in [-0.1, -0.05) is 0 Å². The highest BCUT2D eigenvalue weighted by Gasteiger charge is 2.17. The minimum Gasteiger partial charge on any atom is -0.398 e. The summed E-state index contributed by atoms with van der Waals surface area (Å²) in [5.41, 5.74) is 10.3. The highest BCUT2D eigenvalue weighted by atomic mass is 32.2. The fourth-order valence-corrected chi connectivity index (χ4v) is 2.61. The van der Waals surface area contributed by atoms with E-state index in [0.717, 1.165) is 11.3 Å².